The molecular formula is C10H15F3N2O2. The predicted octanol–water partition coefficient (Wildman–Crippen LogP) is 0.528. The molecule has 1 amide bonds. The molecule has 2 fully saturated rings. The van der Waals surface area contributed by atoms with Crippen molar-refractivity contribution < 1.29 is 22.7 Å². The van der Waals surface area contributed by atoms with Crippen molar-refractivity contribution in [2.75, 3.05) is 26.3 Å². The molecule has 2 aliphatic heterocycles. The number of piperazine rings is 1. The van der Waals surface area contributed by atoms with E-state index in [1.807, 2.05) is 0 Å². The fourth-order valence-electron chi connectivity index (χ4n) is 2.32. The maximum atomic E-state index is 12.1. The Kier molecular flexibility index (Phi) is 3.58. The SMILES string of the molecule is O=C(CCC(F)(F)F)N1C2CNCC1COC2. The van der Waals surface area contributed by atoms with Gasteiger partial charge in [0.05, 0.1) is 31.7 Å². The van der Waals surface area contributed by atoms with Gasteiger partial charge in [0, 0.05) is 19.5 Å². The molecule has 2 bridgehead atoms. The van der Waals surface area contributed by atoms with Crippen molar-refractivity contribution in [2.24, 2.45) is 0 Å². The Hall–Kier alpha value is -0.820. The van der Waals surface area contributed by atoms with Crippen LogP contribution in [0.2, 0.25) is 0 Å². The van der Waals surface area contributed by atoms with Crippen molar-refractivity contribution in [3.05, 3.63) is 0 Å². The molecule has 4 nitrogen and oxygen atoms in total. The summed E-state index contributed by atoms with van der Waals surface area (Å²) >= 11 is 0. The van der Waals surface area contributed by atoms with Gasteiger partial charge in [-0.15, -0.1) is 0 Å². The fraction of sp³-hybridized carbons (Fsp3) is 0.900. The van der Waals surface area contributed by atoms with Gasteiger partial charge < -0.3 is 15.0 Å². The van der Waals surface area contributed by atoms with Gasteiger partial charge in [0.15, 0.2) is 0 Å². The van der Waals surface area contributed by atoms with E-state index in [0.29, 0.717) is 26.3 Å². The number of carbonyl (C=O) groups is 1. The molecule has 0 aromatic carbocycles. The number of morpholine rings is 1. The molecule has 17 heavy (non-hydrogen) atoms. The first kappa shape index (κ1) is 12.6. The Balaban J connectivity index is 1.94. The maximum Gasteiger partial charge on any atom is 0.389 e. The largest absolute Gasteiger partial charge is 0.389 e. The van der Waals surface area contributed by atoms with Crippen LogP contribution >= 0.6 is 0 Å². The van der Waals surface area contributed by atoms with Gasteiger partial charge >= 0.3 is 6.18 Å². The van der Waals surface area contributed by atoms with Crippen molar-refractivity contribution >= 4 is 5.91 Å². The van der Waals surface area contributed by atoms with Crippen LogP contribution in [0.25, 0.3) is 0 Å². The monoisotopic (exact) mass is 252 g/mol. The minimum Gasteiger partial charge on any atom is -0.377 e. The molecule has 0 aromatic heterocycles. The number of fused-ring (bicyclic) bond motifs is 2. The molecule has 0 radical (unpaired) electrons. The summed E-state index contributed by atoms with van der Waals surface area (Å²) < 4.78 is 41.5. The highest BCUT2D eigenvalue weighted by atomic mass is 19.4. The Morgan fingerprint density at radius 1 is 1.29 bits per heavy atom. The average Bonchev–Trinajstić information content (AvgIpc) is 2.23. The normalized spacial score (nSPS) is 29.2. The van der Waals surface area contributed by atoms with Crippen LogP contribution in [0.5, 0.6) is 0 Å². The lowest BCUT2D eigenvalue weighted by Gasteiger charge is -2.46. The van der Waals surface area contributed by atoms with E-state index in [2.05, 4.69) is 5.32 Å². The minimum atomic E-state index is -4.27. The highest BCUT2D eigenvalue weighted by molar-refractivity contribution is 5.77. The van der Waals surface area contributed by atoms with Crippen LogP contribution in [0.3, 0.4) is 0 Å². The third-order valence-corrected chi connectivity index (χ3v) is 3.08. The number of nitrogens with one attached hydrogen (secondary N) is 1. The molecule has 2 rings (SSSR count). The van der Waals surface area contributed by atoms with Crippen molar-refractivity contribution in [1.82, 2.24) is 10.2 Å². The van der Waals surface area contributed by atoms with Crippen LogP contribution in [-0.2, 0) is 9.53 Å². The van der Waals surface area contributed by atoms with E-state index in [0.717, 1.165) is 0 Å². The summed E-state index contributed by atoms with van der Waals surface area (Å²) in [7, 11) is 0. The van der Waals surface area contributed by atoms with Crippen molar-refractivity contribution in [3.63, 3.8) is 0 Å². The Morgan fingerprint density at radius 3 is 2.41 bits per heavy atom. The lowest BCUT2D eigenvalue weighted by molar-refractivity contribution is -0.159. The van der Waals surface area contributed by atoms with Gasteiger partial charge in [-0.2, -0.15) is 13.2 Å². The molecule has 2 unspecified atom stereocenters. The van der Waals surface area contributed by atoms with Crippen LogP contribution in [0.1, 0.15) is 12.8 Å². The highest BCUT2D eigenvalue weighted by Gasteiger charge is 2.38. The molecule has 1 N–H and O–H groups in total. The quantitative estimate of drug-likeness (QED) is 0.779. The Bertz CT molecular complexity index is 274. The predicted molar refractivity (Wildman–Crippen MR) is 53.4 cm³/mol. The minimum absolute atomic E-state index is 0.122. The Labute approximate surface area is 97.1 Å². The maximum absolute atomic E-state index is 12.1. The number of rotatable bonds is 2. The second-order valence-corrected chi connectivity index (χ2v) is 4.42. The second-order valence-electron chi connectivity index (χ2n) is 4.42. The molecule has 0 saturated carbocycles. The molecule has 2 heterocycles. The summed E-state index contributed by atoms with van der Waals surface area (Å²) in [5, 5.41) is 3.15. The Morgan fingerprint density at radius 2 is 1.88 bits per heavy atom. The topological polar surface area (TPSA) is 41.6 Å². The molecule has 0 spiro atoms. The molecule has 2 atom stereocenters. The van der Waals surface area contributed by atoms with E-state index in [-0.39, 0.29) is 12.1 Å². The number of halogens is 3. The van der Waals surface area contributed by atoms with E-state index < -0.39 is 24.9 Å². The zero-order chi connectivity index (χ0) is 12.5. The van der Waals surface area contributed by atoms with E-state index in [1.54, 1.807) is 4.90 Å². The van der Waals surface area contributed by atoms with Crippen molar-refractivity contribution in [2.45, 2.75) is 31.1 Å². The third kappa shape index (κ3) is 3.10. The third-order valence-electron chi connectivity index (χ3n) is 3.08. The first-order valence-corrected chi connectivity index (χ1v) is 5.64. The van der Waals surface area contributed by atoms with E-state index in [1.165, 1.54) is 0 Å². The van der Waals surface area contributed by atoms with E-state index in [9.17, 15) is 18.0 Å². The summed E-state index contributed by atoms with van der Waals surface area (Å²) in [4.78, 5) is 13.4. The summed E-state index contributed by atoms with van der Waals surface area (Å²) in [5.41, 5.74) is 0. The fourth-order valence-corrected chi connectivity index (χ4v) is 2.32. The van der Waals surface area contributed by atoms with Crippen LogP contribution < -0.4 is 5.32 Å². The average molecular weight is 252 g/mol. The first-order chi connectivity index (χ1) is 7.97. The van der Waals surface area contributed by atoms with E-state index in [4.69, 9.17) is 4.74 Å². The smallest absolute Gasteiger partial charge is 0.377 e. The second kappa shape index (κ2) is 4.81. The van der Waals surface area contributed by atoms with Gasteiger partial charge in [-0.05, 0) is 0 Å². The van der Waals surface area contributed by atoms with Gasteiger partial charge in [-0.25, -0.2) is 0 Å². The van der Waals surface area contributed by atoms with Gasteiger partial charge in [0.1, 0.15) is 0 Å². The molecule has 0 aromatic rings. The summed E-state index contributed by atoms with van der Waals surface area (Å²) in [5.74, 6) is -0.415. The van der Waals surface area contributed by atoms with Gasteiger partial charge in [0.2, 0.25) is 5.91 Å². The standard InChI is InChI=1S/C10H15F3N2O2/c11-10(12,13)2-1-9(16)15-7-3-14-4-8(15)6-17-5-7/h7-8,14H,1-6H2. The first-order valence-electron chi connectivity index (χ1n) is 5.64. The van der Waals surface area contributed by atoms with Crippen LogP contribution in [-0.4, -0.2) is 55.4 Å². The molecule has 0 aliphatic carbocycles. The number of carbonyl (C=O) groups excluding carboxylic acids is 1. The van der Waals surface area contributed by atoms with Gasteiger partial charge in [-0.3, -0.25) is 4.79 Å². The number of alkyl halides is 3. The number of nitrogens with zero attached hydrogens (tertiary/aromatic N) is 1. The van der Waals surface area contributed by atoms with Crippen molar-refractivity contribution in [1.29, 1.82) is 0 Å². The summed E-state index contributed by atoms with van der Waals surface area (Å²) in [6.07, 6.45) is -5.78. The molecule has 2 saturated heterocycles. The molecule has 2 aliphatic rings. The number of hydrogen-bond donors (Lipinski definition) is 1. The van der Waals surface area contributed by atoms with Crippen molar-refractivity contribution in [3.8, 4) is 0 Å². The van der Waals surface area contributed by atoms with Crippen LogP contribution in [0, 0.1) is 0 Å². The molecular weight excluding hydrogens is 237 g/mol. The summed E-state index contributed by atoms with van der Waals surface area (Å²) in [6.45, 7) is 1.99. The highest BCUT2D eigenvalue weighted by Crippen LogP contribution is 2.24. The van der Waals surface area contributed by atoms with Gasteiger partial charge in [-0.1, -0.05) is 0 Å². The lowest BCUT2D eigenvalue weighted by atomic mass is 10.0. The van der Waals surface area contributed by atoms with Crippen LogP contribution in [0.4, 0.5) is 13.2 Å². The van der Waals surface area contributed by atoms with Gasteiger partial charge in [0.25, 0.3) is 0 Å². The van der Waals surface area contributed by atoms with Crippen LogP contribution in [0.15, 0.2) is 0 Å². The summed E-state index contributed by atoms with van der Waals surface area (Å²) in [6, 6.07) is -0.244. The zero-order valence-corrected chi connectivity index (χ0v) is 9.29. The number of amides is 1. The molecule has 98 valence electrons. The number of ether oxygens (including phenoxy) is 1. The molecule has 7 heteroatoms. The zero-order valence-electron chi connectivity index (χ0n) is 9.29. The number of hydrogen-bond acceptors (Lipinski definition) is 3. The van der Waals surface area contributed by atoms with E-state index >= 15 is 0 Å². The lowest BCUT2D eigenvalue weighted by Crippen LogP contribution is -2.65.